The molecule has 0 spiro atoms. The van der Waals surface area contributed by atoms with Crippen molar-refractivity contribution in [3.05, 3.63) is 65.7 Å². The minimum atomic E-state index is -3.77. The van der Waals surface area contributed by atoms with Gasteiger partial charge in [0.1, 0.15) is 5.75 Å². The third-order valence-corrected chi connectivity index (χ3v) is 4.92. The first-order valence-corrected chi connectivity index (χ1v) is 9.50. The van der Waals surface area contributed by atoms with E-state index in [0.717, 1.165) is 10.8 Å². The Morgan fingerprint density at radius 2 is 1.65 bits per heavy atom. The molecule has 0 radical (unpaired) electrons. The number of ether oxygens (including phenoxy) is 1. The summed E-state index contributed by atoms with van der Waals surface area (Å²) in [5.74, 6) is 0.164. The Kier molecular flexibility index (Phi) is 5.13. The number of fused-ring (bicyclic) bond motifs is 1. The van der Waals surface area contributed by atoms with Crippen molar-refractivity contribution in [2.45, 2.75) is 4.90 Å². The lowest BCUT2D eigenvalue weighted by atomic mass is 10.1. The summed E-state index contributed by atoms with van der Waals surface area (Å²) in [5, 5.41) is 9.91. The van der Waals surface area contributed by atoms with Gasteiger partial charge in [-0.25, -0.2) is 13.6 Å². The van der Waals surface area contributed by atoms with E-state index < -0.39 is 10.0 Å². The maximum absolute atomic E-state index is 12.1. The van der Waals surface area contributed by atoms with Crippen molar-refractivity contribution in [1.82, 2.24) is 0 Å². The molecule has 3 N–H and O–H groups in total. The van der Waals surface area contributed by atoms with Crippen LogP contribution in [0.3, 0.4) is 0 Å². The molecule has 0 saturated heterocycles. The second-order valence-corrected chi connectivity index (χ2v) is 7.47. The van der Waals surface area contributed by atoms with Crippen LogP contribution in [0.5, 0.6) is 5.75 Å². The van der Waals surface area contributed by atoms with Gasteiger partial charge in [0.25, 0.3) is 5.91 Å². The van der Waals surface area contributed by atoms with Crippen LogP contribution in [0.2, 0.25) is 5.02 Å². The van der Waals surface area contributed by atoms with Crippen LogP contribution in [0.1, 0.15) is 0 Å². The van der Waals surface area contributed by atoms with Crippen LogP contribution >= 0.6 is 11.6 Å². The average molecular weight is 391 g/mol. The number of hydrogen-bond acceptors (Lipinski definition) is 4. The van der Waals surface area contributed by atoms with E-state index in [9.17, 15) is 13.2 Å². The fraction of sp³-hybridized carbons (Fsp3) is 0.0556. The van der Waals surface area contributed by atoms with Crippen molar-refractivity contribution in [2.75, 3.05) is 11.9 Å². The maximum Gasteiger partial charge on any atom is 0.262 e. The van der Waals surface area contributed by atoms with Gasteiger partial charge in [0.05, 0.1) is 4.90 Å². The molecule has 6 nitrogen and oxygen atoms in total. The van der Waals surface area contributed by atoms with Gasteiger partial charge in [-0.05, 0) is 36.4 Å². The summed E-state index contributed by atoms with van der Waals surface area (Å²) in [5.41, 5.74) is 0.437. The molecule has 1 amide bonds. The lowest BCUT2D eigenvalue weighted by Crippen LogP contribution is -2.20. The lowest BCUT2D eigenvalue weighted by molar-refractivity contribution is -0.118. The van der Waals surface area contributed by atoms with Crippen molar-refractivity contribution in [3.63, 3.8) is 0 Å². The van der Waals surface area contributed by atoms with Crippen molar-refractivity contribution in [2.24, 2.45) is 5.14 Å². The van der Waals surface area contributed by atoms with Gasteiger partial charge < -0.3 is 10.1 Å². The predicted octanol–water partition coefficient (Wildman–Crippen LogP) is 3.16. The fourth-order valence-corrected chi connectivity index (χ4v) is 3.17. The number of primary sulfonamides is 1. The van der Waals surface area contributed by atoms with E-state index in [0.29, 0.717) is 16.5 Å². The number of amides is 1. The smallest absolute Gasteiger partial charge is 0.262 e. The summed E-state index contributed by atoms with van der Waals surface area (Å²) in [6.07, 6.45) is 0. The Hall–Kier alpha value is -2.61. The first-order valence-electron chi connectivity index (χ1n) is 7.57. The van der Waals surface area contributed by atoms with Crippen LogP contribution in [0.25, 0.3) is 10.8 Å². The van der Waals surface area contributed by atoms with E-state index in [1.165, 1.54) is 24.3 Å². The number of carbonyl (C=O) groups is 1. The number of carbonyl (C=O) groups excluding carboxylic acids is 1. The van der Waals surface area contributed by atoms with Gasteiger partial charge in [0.2, 0.25) is 10.0 Å². The topological polar surface area (TPSA) is 98.5 Å². The molecule has 8 heteroatoms. The van der Waals surface area contributed by atoms with Crippen molar-refractivity contribution in [1.29, 1.82) is 0 Å². The molecular formula is C18H15ClN2O4S. The van der Waals surface area contributed by atoms with Crippen LogP contribution in [0.15, 0.2) is 65.6 Å². The van der Waals surface area contributed by atoms with E-state index in [4.69, 9.17) is 21.5 Å². The highest BCUT2D eigenvalue weighted by atomic mass is 35.5. The van der Waals surface area contributed by atoms with E-state index in [2.05, 4.69) is 5.32 Å². The van der Waals surface area contributed by atoms with E-state index in [1.807, 2.05) is 24.3 Å². The Morgan fingerprint density at radius 3 is 2.31 bits per heavy atom. The fourth-order valence-electron chi connectivity index (χ4n) is 2.43. The summed E-state index contributed by atoms with van der Waals surface area (Å²) in [6.45, 7) is -0.206. The first kappa shape index (κ1) is 18.2. The average Bonchev–Trinajstić information content (AvgIpc) is 2.61. The third kappa shape index (κ3) is 4.13. The van der Waals surface area contributed by atoms with Gasteiger partial charge in [0.15, 0.2) is 6.61 Å². The number of rotatable bonds is 5. The molecule has 0 bridgehead atoms. The molecule has 0 atom stereocenters. The summed E-state index contributed by atoms with van der Waals surface area (Å²) < 4.78 is 28.0. The summed E-state index contributed by atoms with van der Waals surface area (Å²) in [6, 6.07) is 16.4. The van der Waals surface area contributed by atoms with Gasteiger partial charge in [0, 0.05) is 21.5 Å². The lowest BCUT2D eigenvalue weighted by Gasteiger charge is -2.11. The molecular weight excluding hydrogens is 376 g/mol. The number of nitrogens with one attached hydrogen (secondary N) is 1. The van der Waals surface area contributed by atoms with Crippen molar-refractivity contribution in [3.8, 4) is 5.75 Å². The number of sulfonamides is 1. The van der Waals surface area contributed by atoms with E-state index in [-0.39, 0.29) is 17.4 Å². The highest BCUT2D eigenvalue weighted by molar-refractivity contribution is 7.89. The van der Waals surface area contributed by atoms with Crippen LogP contribution < -0.4 is 15.2 Å². The first-order chi connectivity index (χ1) is 12.3. The Morgan fingerprint density at radius 1 is 1.00 bits per heavy atom. The predicted molar refractivity (Wildman–Crippen MR) is 101 cm³/mol. The van der Waals surface area contributed by atoms with Gasteiger partial charge in [-0.1, -0.05) is 35.9 Å². The minimum absolute atomic E-state index is 0.0283. The zero-order valence-corrected chi connectivity index (χ0v) is 15.0. The summed E-state index contributed by atoms with van der Waals surface area (Å²) in [7, 11) is -3.77. The number of nitrogens with two attached hydrogens (primary N) is 1. The van der Waals surface area contributed by atoms with Crippen molar-refractivity contribution < 1.29 is 17.9 Å². The number of anilines is 1. The Bertz CT molecular complexity index is 1070. The van der Waals surface area contributed by atoms with Gasteiger partial charge in [-0.3, -0.25) is 4.79 Å². The highest BCUT2D eigenvalue weighted by Gasteiger charge is 2.10. The molecule has 0 unspecified atom stereocenters. The molecule has 0 aromatic heterocycles. The Balaban J connectivity index is 1.67. The molecule has 0 aliphatic carbocycles. The summed E-state index contributed by atoms with van der Waals surface area (Å²) in [4.78, 5) is 12.0. The molecule has 0 heterocycles. The van der Waals surface area contributed by atoms with Crippen LogP contribution in [0.4, 0.5) is 5.69 Å². The monoisotopic (exact) mass is 390 g/mol. The molecule has 3 aromatic carbocycles. The largest absolute Gasteiger partial charge is 0.483 e. The zero-order valence-electron chi connectivity index (χ0n) is 13.5. The van der Waals surface area contributed by atoms with Gasteiger partial charge in [-0.15, -0.1) is 0 Å². The number of hydrogen-bond donors (Lipinski definition) is 2. The molecule has 134 valence electrons. The highest BCUT2D eigenvalue weighted by Crippen LogP contribution is 2.31. The second-order valence-electron chi connectivity index (χ2n) is 5.50. The summed E-state index contributed by atoms with van der Waals surface area (Å²) >= 11 is 6.16. The molecule has 26 heavy (non-hydrogen) atoms. The standard InChI is InChI=1S/C18H15ClN2O4S/c19-16-9-10-17(15-4-2-1-3-14(15)16)25-11-18(22)21-12-5-7-13(8-6-12)26(20,23)24/h1-10H,11H2,(H,21,22)(H2,20,23,24). The number of halogens is 1. The molecule has 0 fully saturated rings. The quantitative estimate of drug-likeness (QED) is 0.699. The molecule has 3 rings (SSSR count). The SMILES string of the molecule is NS(=O)(=O)c1ccc(NC(=O)COc2ccc(Cl)c3ccccc23)cc1. The number of benzene rings is 3. The van der Waals surface area contributed by atoms with Crippen molar-refractivity contribution >= 4 is 44.0 Å². The van der Waals surface area contributed by atoms with Crippen LogP contribution in [0, 0.1) is 0 Å². The van der Waals surface area contributed by atoms with Crippen LogP contribution in [-0.2, 0) is 14.8 Å². The second kappa shape index (κ2) is 7.33. The zero-order chi connectivity index (χ0) is 18.7. The van der Waals surface area contributed by atoms with Gasteiger partial charge >= 0.3 is 0 Å². The molecule has 0 aliphatic rings. The molecule has 0 saturated carbocycles. The molecule has 3 aromatic rings. The maximum atomic E-state index is 12.1. The minimum Gasteiger partial charge on any atom is -0.483 e. The Labute approximate surface area is 155 Å². The third-order valence-electron chi connectivity index (χ3n) is 3.66. The normalized spacial score (nSPS) is 11.3. The van der Waals surface area contributed by atoms with Crippen LogP contribution in [-0.4, -0.2) is 20.9 Å². The van der Waals surface area contributed by atoms with E-state index in [1.54, 1.807) is 12.1 Å². The van der Waals surface area contributed by atoms with E-state index >= 15 is 0 Å². The van der Waals surface area contributed by atoms with Gasteiger partial charge in [-0.2, -0.15) is 0 Å². The molecule has 0 aliphatic heterocycles.